The van der Waals surface area contributed by atoms with Gasteiger partial charge >= 0.3 is 5.97 Å². The molecule has 5 N–H and O–H groups in total. The lowest BCUT2D eigenvalue weighted by molar-refractivity contribution is -0.155. The number of imidazole rings is 1. The number of fused-ring (bicyclic) bond motifs is 3. The second kappa shape index (κ2) is 18.5. The number of nitrogens with two attached hydrogens (primary N) is 2. The molecule has 0 saturated heterocycles. The number of primary amides is 1. The molecular formula is C38H58N6O7. The summed E-state index contributed by atoms with van der Waals surface area (Å²) in [4.78, 5) is 60.5. The van der Waals surface area contributed by atoms with Crippen LogP contribution in [0, 0.1) is 5.92 Å². The summed E-state index contributed by atoms with van der Waals surface area (Å²) < 4.78 is 19.7. The molecule has 13 nitrogen and oxygen atoms in total. The fraction of sp³-hybridized carbons (Fsp3) is 0.632. The summed E-state index contributed by atoms with van der Waals surface area (Å²) in [5.74, 6) is -0.797. The minimum absolute atomic E-state index is 0.0886. The van der Waals surface area contributed by atoms with E-state index in [-0.39, 0.29) is 43.5 Å². The maximum atomic E-state index is 14.0. The van der Waals surface area contributed by atoms with Gasteiger partial charge in [-0.1, -0.05) is 38.5 Å². The third kappa shape index (κ3) is 12.7. The lowest BCUT2D eigenvalue weighted by atomic mass is 9.98. The van der Waals surface area contributed by atoms with Crippen molar-refractivity contribution in [3.8, 4) is 0 Å². The van der Waals surface area contributed by atoms with Crippen molar-refractivity contribution < 1.29 is 33.4 Å². The number of pyridine rings is 1. The van der Waals surface area contributed by atoms with Gasteiger partial charge in [0.15, 0.2) is 5.78 Å². The first-order valence-corrected chi connectivity index (χ1v) is 18.0. The first-order valence-electron chi connectivity index (χ1n) is 18.0. The molecule has 1 aromatic carbocycles. The van der Waals surface area contributed by atoms with E-state index in [1.54, 1.807) is 0 Å². The Morgan fingerprint density at radius 2 is 1.69 bits per heavy atom. The van der Waals surface area contributed by atoms with E-state index < -0.39 is 35.1 Å². The minimum Gasteiger partial charge on any atom is -0.460 e. The zero-order chi connectivity index (χ0) is 37.9. The molecular weight excluding hydrogens is 652 g/mol. The van der Waals surface area contributed by atoms with Gasteiger partial charge < -0.3 is 35.6 Å². The normalized spacial score (nSPS) is 13.5. The molecule has 3 aromatic rings. The highest BCUT2D eigenvalue weighted by molar-refractivity contribution is 6.05. The molecule has 3 rings (SSSR count). The van der Waals surface area contributed by atoms with Crippen molar-refractivity contribution in [1.29, 1.82) is 0 Å². The number of carbonyl (C=O) groups excluding carboxylic acids is 4. The second-order valence-corrected chi connectivity index (χ2v) is 15.0. The largest absolute Gasteiger partial charge is 0.460 e. The molecule has 2 heterocycles. The number of benzene rings is 1. The number of unbranched alkanes of at least 4 members (excludes halogenated alkanes) is 1. The van der Waals surface area contributed by atoms with Gasteiger partial charge in [-0.25, -0.2) is 9.97 Å². The summed E-state index contributed by atoms with van der Waals surface area (Å²) in [6.45, 7) is 16.6. The van der Waals surface area contributed by atoms with E-state index in [0.717, 1.165) is 10.9 Å². The number of aromatic nitrogens is 3. The van der Waals surface area contributed by atoms with E-state index in [9.17, 15) is 19.2 Å². The average molecular weight is 711 g/mol. The molecule has 2 amide bonds. The van der Waals surface area contributed by atoms with Crippen molar-refractivity contribution in [2.75, 3.05) is 13.2 Å². The number of Topliss-reactive ketones (excluding diaryl/α,β-unsaturated/α-hetero) is 1. The van der Waals surface area contributed by atoms with Gasteiger partial charge in [0.1, 0.15) is 23.5 Å². The highest BCUT2D eigenvalue weighted by atomic mass is 16.6. The van der Waals surface area contributed by atoms with E-state index in [1.807, 2.05) is 79.7 Å². The molecule has 0 unspecified atom stereocenters. The smallest absolute Gasteiger partial charge is 0.306 e. The van der Waals surface area contributed by atoms with Gasteiger partial charge in [0, 0.05) is 31.4 Å². The van der Waals surface area contributed by atoms with Crippen molar-refractivity contribution >= 4 is 45.5 Å². The SMILES string of the molecule is CCOCc1nc2c(CC(=O)[C@H](CCCCC(N)=O)NC(=O)[C@@H](N)C(C)C)nc3ccccc3c2n1CC(C)(C)OCCCC(=O)OC(C)(C)C. The lowest BCUT2D eigenvalue weighted by Gasteiger charge is -2.27. The Balaban J connectivity index is 1.98. The van der Waals surface area contributed by atoms with Gasteiger partial charge in [-0.3, -0.25) is 19.2 Å². The lowest BCUT2D eigenvalue weighted by Crippen LogP contribution is -2.50. The molecule has 13 heteroatoms. The molecule has 0 aliphatic heterocycles. The van der Waals surface area contributed by atoms with Gasteiger partial charge in [-0.05, 0) is 72.8 Å². The van der Waals surface area contributed by atoms with Crippen LogP contribution < -0.4 is 16.8 Å². The first kappa shape index (κ1) is 41.5. The number of hydrogen-bond donors (Lipinski definition) is 3. The third-order valence-corrected chi connectivity index (χ3v) is 8.38. The van der Waals surface area contributed by atoms with E-state index in [0.29, 0.717) is 68.0 Å². The number of esters is 1. The fourth-order valence-corrected chi connectivity index (χ4v) is 5.74. The van der Waals surface area contributed by atoms with E-state index in [1.165, 1.54) is 0 Å². The van der Waals surface area contributed by atoms with E-state index in [2.05, 4.69) is 9.88 Å². The zero-order valence-electron chi connectivity index (χ0n) is 31.7. The maximum Gasteiger partial charge on any atom is 0.306 e. The maximum absolute atomic E-state index is 14.0. The molecule has 0 radical (unpaired) electrons. The quantitative estimate of drug-likeness (QED) is 0.104. The molecule has 0 fully saturated rings. The Bertz CT molecular complexity index is 1660. The number of amides is 2. The fourth-order valence-electron chi connectivity index (χ4n) is 5.74. The van der Waals surface area contributed by atoms with Crippen LogP contribution in [-0.4, -0.2) is 74.6 Å². The zero-order valence-corrected chi connectivity index (χ0v) is 31.7. The molecule has 0 bridgehead atoms. The van der Waals surface area contributed by atoms with Crippen LogP contribution in [0.5, 0.6) is 0 Å². The molecule has 0 aliphatic rings. The van der Waals surface area contributed by atoms with Crippen molar-refractivity contribution in [3.63, 3.8) is 0 Å². The van der Waals surface area contributed by atoms with E-state index >= 15 is 0 Å². The Hall–Kier alpha value is -3.94. The number of nitrogens with zero attached hydrogens (tertiary/aromatic N) is 3. The predicted octanol–water partition coefficient (Wildman–Crippen LogP) is 4.66. The van der Waals surface area contributed by atoms with Gasteiger partial charge in [-0.15, -0.1) is 0 Å². The summed E-state index contributed by atoms with van der Waals surface area (Å²) in [5.41, 5.74) is 12.8. The predicted molar refractivity (Wildman–Crippen MR) is 197 cm³/mol. The Kier molecular flexibility index (Phi) is 15.1. The van der Waals surface area contributed by atoms with Crippen molar-refractivity contribution in [2.45, 2.75) is 137 Å². The van der Waals surface area contributed by atoms with Gasteiger partial charge in [-0.2, -0.15) is 0 Å². The van der Waals surface area contributed by atoms with Crippen LogP contribution in [0.2, 0.25) is 0 Å². The topological polar surface area (TPSA) is 191 Å². The van der Waals surface area contributed by atoms with Crippen molar-refractivity contribution in [2.24, 2.45) is 17.4 Å². The molecule has 0 saturated carbocycles. The number of hydrogen-bond acceptors (Lipinski definition) is 10. The summed E-state index contributed by atoms with van der Waals surface area (Å²) in [6.07, 6.45) is 2.19. The van der Waals surface area contributed by atoms with Crippen LogP contribution in [0.1, 0.15) is 105 Å². The Labute approximate surface area is 301 Å². The van der Waals surface area contributed by atoms with Crippen LogP contribution in [0.25, 0.3) is 21.9 Å². The Morgan fingerprint density at radius 3 is 2.33 bits per heavy atom. The van der Waals surface area contributed by atoms with Gasteiger partial charge in [0.2, 0.25) is 11.8 Å². The number of carbonyl (C=O) groups is 4. The summed E-state index contributed by atoms with van der Waals surface area (Å²) >= 11 is 0. The molecule has 2 atom stereocenters. The molecule has 282 valence electrons. The standard InChI is InChI=1S/C38H58N6O7/c1-9-49-22-31-43-34-28(21-29(45)27(17-12-13-18-30(39)46)42-36(48)33(40)24(2)3)41-26-16-11-10-15-25(26)35(34)44(31)23-38(7,8)50-20-14-19-32(47)51-37(4,5)6/h10-11,15-16,24,27,33H,9,12-14,17-23,40H2,1-8H3,(H2,39,46)(H,42,48)/t27-,33-/m0/s1. The number of para-hydroxylation sites is 1. The van der Waals surface area contributed by atoms with Gasteiger partial charge in [0.05, 0.1) is 47.4 Å². The van der Waals surface area contributed by atoms with Crippen LogP contribution in [0.15, 0.2) is 24.3 Å². The summed E-state index contributed by atoms with van der Waals surface area (Å²) in [7, 11) is 0. The summed E-state index contributed by atoms with van der Waals surface area (Å²) in [5, 5.41) is 3.72. The van der Waals surface area contributed by atoms with Crippen LogP contribution in [0.4, 0.5) is 0 Å². The van der Waals surface area contributed by atoms with Crippen molar-refractivity contribution in [3.05, 3.63) is 35.8 Å². The number of ether oxygens (including phenoxy) is 3. The first-order chi connectivity index (χ1) is 23.9. The molecule has 0 spiro atoms. The van der Waals surface area contributed by atoms with Crippen molar-refractivity contribution in [1.82, 2.24) is 19.9 Å². The van der Waals surface area contributed by atoms with Crippen LogP contribution >= 0.6 is 0 Å². The van der Waals surface area contributed by atoms with Crippen LogP contribution in [-0.2, 0) is 53.0 Å². The monoisotopic (exact) mass is 710 g/mol. The molecule has 51 heavy (non-hydrogen) atoms. The molecule has 0 aliphatic carbocycles. The molecule has 2 aromatic heterocycles. The highest BCUT2D eigenvalue weighted by Gasteiger charge is 2.29. The number of rotatable bonds is 21. The number of nitrogens with one attached hydrogen (secondary N) is 1. The number of ketones is 1. The Morgan fingerprint density at radius 1 is 0.980 bits per heavy atom. The van der Waals surface area contributed by atoms with E-state index in [4.69, 9.17) is 35.6 Å². The second-order valence-electron chi connectivity index (χ2n) is 15.0. The summed E-state index contributed by atoms with van der Waals surface area (Å²) in [6, 6.07) is 6.07. The average Bonchev–Trinajstić information content (AvgIpc) is 3.39. The van der Waals surface area contributed by atoms with Crippen LogP contribution in [0.3, 0.4) is 0 Å². The van der Waals surface area contributed by atoms with Gasteiger partial charge in [0.25, 0.3) is 0 Å². The minimum atomic E-state index is -0.837. The highest BCUT2D eigenvalue weighted by Crippen LogP contribution is 2.31. The third-order valence-electron chi connectivity index (χ3n) is 8.38.